The van der Waals surface area contributed by atoms with Gasteiger partial charge in [-0.3, -0.25) is 4.79 Å². The number of rotatable bonds is 8. The van der Waals surface area contributed by atoms with E-state index in [-0.39, 0.29) is 33.2 Å². The molecule has 0 saturated carbocycles. The van der Waals surface area contributed by atoms with Crippen LogP contribution in [0.4, 0.5) is 15.8 Å². The van der Waals surface area contributed by atoms with Crippen LogP contribution in [0.25, 0.3) is 0 Å². The minimum Gasteiger partial charge on any atom is -0.402 e. The Morgan fingerprint density at radius 1 is 1.25 bits per heavy atom. The molecule has 2 rings (SSSR count). The molecule has 0 fully saturated rings. The van der Waals surface area contributed by atoms with Crippen LogP contribution in [-0.2, 0) is 21.1 Å². The summed E-state index contributed by atoms with van der Waals surface area (Å²) < 4.78 is 37.8. The van der Waals surface area contributed by atoms with Crippen LogP contribution in [0.15, 0.2) is 53.1 Å². The zero-order chi connectivity index (χ0) is 24.1. The van der Waals surface area contributed by atoms with Gasteiger partial charge in [0.25, 0.3) is 0 Å². The quantitative estimate of drug-likeness (QED) is 0.335. The Bertz CT molecular complexity index is 1220. The zero-order valence-electron chi connectivity index (χ0n) is 17.3. The zero-order valence-corrected chi connectivity index (χ0v) is 19.0. The lowest BCUT2D eigenvalue weighted by atomic mass is 10.0. The van der Waals surface area contributed by atoms with Crippen molar-refractivity contribution in [1.29, 1.82) is 5.26 Å². The molecule has 32 heavy (non-hydrogen) atoms. The molecule has 0 unspecified atom stereocenters. The Labute approximate surface area is 191 Å². The molecule has 0 aliphatic heterocycles. The Kier molecular flexibility index (Phi) is 7.91. The molecule has 2 aromatic carbocycles. The van der Waals surface area contributed by atoms with E-state index in [9.17, 15) is 22.9 Å². The van der Waals surface area contributed by atoms with Crippen molar-refractivity contribution in [2.45, 2.75) is 24.3 Å². The minimum atomic E-state index is -3.36. The number of benzene rings is 2. The first-order valence-electron chi connectivity index (χ1n) is 9.24. The molecule has 2 aromatic rings. The van der Waals surface area contributed by atoms with Crippen molar-refractivity contribution in [2.75, 3.05) is 16.9 Å². The maximum atomic E-state index is 14.6. The fourth-order valence-corrected chi connectivity index (χ4v) is 3.70. The number of hydrogen-bond donors (Lipinski definition) is 4. The molecule has 0 saturated heterocycles. The Balaban J connectivity index is 2.31. The summed E-state index contributed by atoms with van der Waals surface area (Å²) in [5.41, 5.74) is 12.3. The van der Waals surface area contributed by atoms with Gasteiger partial charge in [-0.2, -0.15) is 5.26 Å². The highest BCUT2D eigenvalue weighted by Gasteiger charge is 2.20. The summed E-state index contributed by atoms with van der Waals surface area (Å²) in [5, 5.41) is 14.8. The summed E-state index contributed by atoms with van der Waals surface area (Å²) in [6.45, 7) is 1.64. The number of anilines is 2. The second kappa shape index (κ2) is 10.2. The largest absolute Gasteiger partial charge is 0.402 e. The maximum Gasteiger partial charge on any atom is 0.240 e. The number of allylic oxidation sites excluding steroid dienone is 1. The highest BCUT2D eigenvalue weighted by atomic mass is 32.2. The standard InChI is InChI=1S/C21H22FN5O3S2/c1-12(24)7-20(31)27-17-10-18(16(22)9-14(17)11-23)26-19(21(25)28)8-13-3-5-15(6-4-13)32(2,29)30/h3-7,9-10,19,26H,8,24H2,1-2H3,(H2,25,28)(H,27,31)/t19-/m1/s1. The number of primary amides is 1. The van der Waals surface area contributed by atoms with Gasteiger partial charge in [0.15, 0.2) is 9.84 Å². The minimum absolute atomic E-state index is 0.00506. The van der Waals surface area contributed by atoms with Gasteiger partial charge in [-0.05, 0) is 42.8 Å². The summed E-state index contributed by atoms with van der Waals surface area (Å²) in [6.07, 6.45) is 2.64. The number of carbonyl (C=O) groups excluding carboxylic acids is 1. The maximum absolute atomic E-state index is 14.6. The third kappa shape index (κ3) is 6.76. The average Bonchev–Trinajstić information content (AvgIpc) is 2.68. The molecule has 0 spiro atoms. The fraction of sp³-hybridized carbons (Fsp3) is 0.190. The molecule has 0 radical (unpaired) electrons. The van der Waals surface area contributed by atoms with Crippen LogP contribution in [0, 0.1) is 17.1 Å². The number of nitrogens with two attached hydrogens (primary N) is 2. The van der Waals surface area contributed by atoms with E-state index < -0.39 is 27.6 Å². The number of nitrogens with zero attached hydrogens (tertiary/aromatic N) is 1. The van der Waals surface area contributed by atoms with E-state index in [1.54, 1.807) is 19.1 Å². The first-order chi connectivity index (χ1) is 14.9. The van der Waals surface area contributed by atoms with E-state index >= 15 is 0 Å². The molecule has 0 heterocycles. The molecule has 6 N–H and O–H groups in total. The predicted molar refractivity (Wildman–Crippen MR) is 125 cm³/mol. The van der Waals surface area contributed by atoms with Crippen LogP contribution in [0.2, 0.25) is 0 Å². The van der Waals surface area contributed by atoms with Crippen molar-refractivity contribution < 1.29 is 17.6 Å². The molecule has 168 valence electrons. The van der Waals surface area contributed by atoms with E-state index in [2.05, 4.69) is 10.6 Å². The molecule has 1 atom stereocenters. The van der Waals surface area contributed by atoms with Gasteiger partial charge in [0, 0.05) is 18.4 Å². The highest BCUT2D eigenvalue weighted by molar-refractivity contribution is 7.90. The van der Waals surface area contributed by atoms with Crippen molar-refractivity contribution in [2.24, 2.45) is 11.5 Å². The molecule has 11 heteroatoms. The van der Waals surface area contributed by atoms with Gasteiger partial charge in [0.2, 0.25) is 5.91 Å². The van der Waals surface area contributed by atoms with Crippen LogP contribution >= 0.6 is 12.2 Å². The van der Waals surface area contributed by atoms with Crippen LogP contribution in [-0.4, -0.2) is 31.6 Å². The van der Waals surface area contributed by atoms with E-state index in [1.165, 1.54) is 24.3 Å². The third-order valence-corrected chi connectivity index (χ3v) is 5.66. The summed E-state index contributed by atoms with van der Waals surface area (Å²) >= 11 is 5.14. The van der Waals surface area contributed by atoms with Crippen molar-refractivity contribution in [1.82, 2.24) is 0 Å². The number of hydrogen-bond acceptors (Lipinski definition) is 7. The van der Waals surface area contributed by atoms with Gasteiger partial charge in [-0.15, -0.1) is 0 Å². The van der Waals surface area contributed by atoms with E-state index in [1.807, 2.05) is 6.07 Å². The Morgan fingerprint density at radius 3 is 2.38 bits per heavy atom. The fourth-order valence-electron chi connectivity index (χ4n) is 2.77. The van der Waals surface area contributed by atoms with Gasteiger partial charge >= 0.3 is 0 Å². The second-order valence-corrected chi connectivity index (χ2v) is 9.54. The normalized spacial score (nSPS) is 12.5. The number of carbonyl (C=O) groups is 1. The molecule has 0 aliphatic carbocycles. The molecule has 1 amide bonds. The number of halogens is 1. The second-order valence-electron chi connectivity index (χ2n) is 7.09. The van der Waals surface area contributed by atoms with Crippen LogP contribution < -0.4 is 22.1 Å². The monoisotopic (exact) mass is 475 g/mol. The van der Waals surface area contributed by atoms with Crippen molar-refractivity contribution in [3.8, 4) is 6.07 Å². The number of nitriles is 1. The first-order valence-corrected chi connectivity index (χ1v) is 11.5. The topological polar surface area (TPSA) is 151 Å². The van der Waals surface area contributed by atoms with Gasteiger partial charge in [-0.1, -0.05) is 24.4 Å². The van der Waals surface area contributed by atoms with Crippen molar-refractivity contribution in [3.05, 3.63) is 65.1 Å². The average molecular weight is 476 g/mol. The summed E-state index contributed by atoms with van der Waals surface area (Å²) in [4.78, 5) is 12.3. The SMILES string of the molecule is CC(N)=CC(=S)Nc1cc(N[C@H](Cc2ccc(S(C)(=O)=O)cc2)C(N)=O)c(F)cc1C#N. The summed E-state index contributed by atoms with van der Waals surface area (Å²) in [6, 6.07) is 9.12. The smallest absolute Gasteiger partial charge is 0.240 e. The van der Waals surface area contributed by atoms with E-state index in [4.69, 9.17) is 23.7 Å². The number of sulfone groups is 1. The van der Waals surface area contributed by atoms with Crippen LogP contribution in [0.3, 0.4) is 0 Å². The third-order valence-electron chi connectivity index (χ3n) is 4.31. The van der Waals surface area contributed by atoms with E-state index in [0.717, 1.165) is 12.3 Å². The van der Waals surface area contributed by atoms with Gasteiger partial charge in [-0.25, -0.2) is 12.8 Å². The number of nitrogens with one attached hydrogen (secondary N) is 2. The lowest BCUT2D eigenvalue weighted by Gasteiger charge is -2.19. The van der Waals surface area contributed by atoms with Crippen molar-refractivity contribution in [3.63, 3.8) is 0 Å². The van der Waals surface area contributed by atoms with Gasteiger partial charge in [0.1, 0.15) is 22.9 Å². The van der Waals surface area contributed by atoms with Gasteiger partial charge in [0.05, 0.1) is 21.8 Å². The highest BCUT2D eigenvalue weighted by Crippen LogP contribution is 2.26. The lowest BCUT2D eigenvalue weighted by molar-refractivity contribution is -0.118. The summed E-state index contributed by atoms with van der Waals surface area (Å²) in [5.74, 6) is -1.50. The molecule has 0 bridgehead atoms. The Morgan fingerprint density at radius 2 is 1.88 bits per heavy atom. The molecule has 0 aliphatic rings. The first kappa shape index (κ1) is 24.8. The number of thiocarbonyl (C=S) groups is 1. The lowest BCUT2D eigenvalue weighted by Crippen LogP contribution is -2.37. The Hall–Kier alpha value is -3.49. The molecular weight excluding hydrogens is 453 g/mol. The number of amides is 1. The molecule has 0 aromatic heterocycles. The van der Waals surface area contributed by atoms with Crippen molar-refractivity contribution >= 4 is 44.3 Å². The molecular formula is C21H22FN5O3S2. The van der Waals surface area contributed by atoms with Crippen LogP contribution in [0.5, 0.6) is 0 Å². The van der Waals surface area contributed by atoms with Crippen LogP contribution in [0.1, 0.15) is 18.1 Å². The van der Waals surface area contributed by atoms with E-state index in [0.29, 0.717) is 11.3 Å². The molecule has 8 nitrogen and oxygen atoms in total. The predicted octanol–water partition coefficient (Wildman–Crippen LogP) is 2.21. The van der Waals surface area contributed by atoms with Gasteiger partial charge < -0.3 is 22.1 Å². The summed E-state index contributed by atoms with van der Waals surface area (Å²) in [7, 11) is -3.36.